The Hall–Kier alpha value is -0.910. The van der Waals surface area contributed by atoms with Gasteiger partial charge in [0, 0.05) is 0 Å². The Bertz CT molecular complexity index is 411. The number of rotatable bonds is 2. The van der Waals surface area contributed by atoms with Crippen LogP contribution in [0.4, 0.5) is 0 Å². The van der Waals surface area contributed by atoms with Crippen molar-refractivity contribution in [1.29, 1.82) is 0 Å². The molecule has 1 rings (SSSR count). The van der Waals surface area contributed by atoms with Gasteiger partial charge in [-0.1, -0.05) is 12.1 Å². The van der Waals surface area contributed by atoms with E-state index in [0.29, 0.717) is 11.1 Å². The van der Waals surface area contributed by atoms with Crippen LogP contribution in [0.5, 0.6) is 0 Å². The molecule has 0 heterocycles. The first kappa shape index (κ1) is 10.2. The quantitative estimate of drug-likeness (QED) is 0.714. The van der Waals surface area contributed by atoms with Crippen molar-refractivity contribution in [1.82, 2.24) is 0 Å². The average molecular weight is 201 g/mol. The van der Waals surface area contributed by atoms with Crippen LogP contribution in [0.2, 0.25) is 0 Å². The molecule has 0 aliphatic heterocycles. The van der Waals surface area contributed by atoms with E-state index >= 15 is 0 Å². The zero-order valence-corrected chi connectivity index (χ0v) is 8.00. The molecule has 0 aliphatic carbocycles. The lowest BCUT2D eigenvalue weighted by Crippen LogP contribution is -2.13. The summed E-state index contributed by atoms with van der Waals surface area (Å²) in [6, 6.07) is 4.53. The molecule has 1 aromatic rings. The van der Waals surface area contributed by atoms with Gasteiger partial charge in [0.25, 0.3) is 0 Å². The summed E-state index contributed by atoms with van der Waals surface area (Å²) < 4.78 is 21.9. The van der Waals surface area contributed by atoms with E-state index in [9.17, 15) is 8.42 Å². The van der Waals surface area contributed by atoms with Crippen molar-refractivity contribution in [2.24, 2.45) is 5.14 Å². The summed E-state index contributed by atoms with van der Waals surface area (Å²) in [4.78, 5) is 0.102. The number of hydrogen-bond donors (Lipinski definition) is 2. The minimum atomic E-state index is -3.64. The molecule has 0 amide bonds. The molecule has 3 N–H and O–H groups in total. The SMILES string of the molecule is Cc1cc(CO)ccc1S(N)(=O)=O. The van der Waals surface area contributed by atoms with Crippen molar-refractivity contribution in [3.05, 3.63) is 29.3 Å². The Balaban J connectivity index is 3.29. The number of nitrogens with two attached hydrogens (primary N) is 1. The predicted octanol–water partition coefficient (Wildman–Crippen LogP) is 0.135. The van der Waals surface area contributed by atoms with Crippen molar-refractivity contribution < 1.29 is 13.5 Å². The maximum absolute atomic E-state index is 11.0. The molecule has 0 atom stereocenters. The van der Waals surface area contributed by atoms with E-state index < -0.39 is 10.0 Å². The molecular formula is C8H11NO3S. The number of sulfonamides is 1. The van der Waals surface area contributed by atoms with Crippen LogP contribution in [0.3, 0.4) is 0 Å². The Morgan fingerprint density at radius 2 is 2.08 bits per heavy atom. The normalized spacial score (nSPS) is 11.6. The number of primary sulfonamides is 1. The van der Waals surface area contributed by atoms with Gasteiger partial charge in [-0.25, -0.2) is 13.6 Å². The number of benzene rings is 1. The lowest BCUT2D eigenvalue weighted by molar-refractivity contribution is 0.281. The molecule has 0 fully saturated rings. The highest BCUT2D eigenvalue weighted by Crippen LogP contribution is 2.14. The van der Waals surface area contributed by atoms with Crippen molar-refractivity contribution in [2.75, 3.05) is 0 Å². The molecule has 0 spiro atoms. The van der Waals surface area contributed by atoms with Gasteiger partial charge in [0.15, 0.2) is 0 Å². The first-order chi connectivity index (χ1) is 5.95. The Labute approximate surface area is 77.1 Å². The monoisotopic (exact) mass is 201 g/mol. The van der Waals surface area contributed by atoms with Crippen LogP contribution in [0, 0.1) is 6.92 Å². The highest BCUT2D eigenvalue weighted by molar-refractivity contribution is 7.89. The molecule has 13 heavy (non-hydrogen) atoms. The molecule has 0 saturated carbocycles. The summed E-state index contributed by atoms with van der Waals surface area (Å²) in [6.07, 6.45) is 0. The first-order valence-electron chi connectivity index (χ1n) is 3.68. The second-order valence-electron chi connectivity index (χ2n) is 2.80. The second-order valence-corrected chi connectivity index (χ2v) is 4.33. The Morgan fingerprint density at radius 1 is 1.46 bits per heavy atom. The van der Waals surface area contributed by atoms with E-state index in [1.807, 2.05) is 0 Å². The smallest absolute Gasteiger partial charge is 0.238 e. The summed E-state index contributed by atoms with van der Waals surface area (Å²) in [7, 11) is -3.64. The van der Waals surface area contributed by atoms with Gasteiger partial charge in [-0.15, -0.1) is 0 Å². The highest BCUT2D eigenvalue weighted by atomic mass is 32.2. The average Bonchev–Trinajstić information content (AvgIpc) is 2.01. The summed E-state index contributed by atoms with van der Waals surface area (Å²) in [6.45, 7) is 1.53. The van der Waals surface area contributed by atoms with Crippen LogP contribution in [-0.4, -0.2) is 13.5 Å². The third-order valence-electron chi connectivity index (χ3n) is 1.73. The van der Waals surface area contributed by atoms with E-state index in [0.717, 1.165) is 0 Å². The molecule has 0 saturated heterocycles. The van der Waals surface area contributed by atoms with E-state index in [1.165, 1.54) is 12.1 Å². The van der Waals surface area contributed by atoms with Gasteiger partial charge < -0.3 is 5.11 Å². The fourth-order valence-corrected chi connectivity index (χ4v) is 1.89. The minimum Gasteiger partial charge on any atom is -0.392 e. The first-order valence-corrected chi connectivity index (χ1v) is 5.23. The van der Waals surface area contributed by atoms with Crippen LogP contribution in [0.15, 0.2) is 23.1 Å². The molecule has 72 valence electrons. The standard InChI is InChI=1S/C8H11NO3S/c1-6-4-7(5-10)2-3-8(6)13(9,11)12/h2-4,10H,5H2,1H3,(H2,9,11,12). The second kappa shape index (κ2) is 3.45. The van der Waals surface area contributed by atoms with E-state index in [1.54, 1.807) is 13.0 Å². The summed E-state index contributed by atoms with van der Waals surface area (Å²) in [5, 5.41) is 13.7. The highest BCUT2D eigenvalue weighted by Gasteiger charge is 2.10. The molecule has 0 aliphatic rings. The molecule has 1 aromatic carbocycles. The topological polar surface area (TPSA) is 80.4 Å². The molecule has 0 aromatic heterocycles. The van der Waals surface area contributed by atoms with Crippen molar-refractivity contribution >= 4 is 10.0 Å². The third-order valence-corrected chi connectivity index (χ3v) is 2.80. The summed E-state index contributed by atoms with van der Waals surface area (Å²) in [5.74, 6) is 0. The van der Waals surface area contributed by atoms with Crippen LogP contribution in [-0.2, 0) is 16.6 Å². The van der Waals surface area contributed by atoms with Crippen LogP contribution in [0.25, 0.3) is 0 Å². The Morgan fingerprint density at radius 3 is 2.46 bits per heavy atom. The molecule has 0 bridgehead atoms. The van der Waals surface area contributed by atoms with Gasteiger partial charge >= 0.3 is 0 Å². The maximum atomic E-state index is 11.0. The van der Waals surface area contributed by atoms with Gasteiger partial charge in [0.05, 0.1) is 11.5 Å². The molecule has 0 radical (unpaired) electrons. The summed E-state index contributed by atoms with van der Waals surface area (Å²) >= 11 is 0. The molecular weight excluding hydrogens is 190 g/mol. The Kier molecular flexibility index (Phi) is 2.70. The number of aliphatic hydroxyl groups is 1. The van der Waals surface area contributed by atoms with Gasteiger partial charge in [-0.3, -0.25) is 0 Å². The van der Waals surface area contributed by atoms with Gasteiger partial charge in [-0.05, 0) is 24.1 Å². The third kappa shape index (κ3) is 2.27. The molecule has 0 unspecified atom stereocenters. The van der Waals surface area contributed by atoms with Crippen LogP contribution in [0.1, 0.15) is 11.1 Å². The van der Waals surface area contributed by atoms with Crippen molar-refractivity contribution in [2.45, 2.75) is 18.4 Å². The predicted molar refractivity (Wildman–Crippen MR) is 48.5 cm³/mol. The maximum Gasteiger partial charge on any atom is 0.238 e. The minimum absolute atomic E-state index is 0.102. The van der Waals surface area contributed by atoms with Crippen molar-refractivity contribution in [3.8, 4) is 0 Å². The van der Waals surface area contributed by atoms with E-state index in [2.05, 4.69) is 0 Å². The van der Waals surface area contributed by atoms with Gasteiger partial charge in [0.2, 0.25) is 10.0 Å². The number of hydrogen-bond acceptors (Lipinski definition) is 3. The fraction of sp³-hybridized carbons (Fsp3) is 0.250. The zero-order valence-electron chi connectivity index (χ0n) is 7.19. The number of aliphatic hydroxyl groups excluding tert-OH is 1. The molecule has 4 nitrogen and oxygen atoms in total. The lowest BCUT2D eigenvalue weighted by atomic mass is 10.1. The van der Waals surface area contributed by atoms with Gasteiger partial charge in [0.1, 0.15) is 0 Å². The lowest BCUT2D eigenvalue weighted by Gasteiger charge is -2.04. The largest absolute Gasteiger partial charge is 0.392 e. The summed E-state index contributed by atoms with van der Waals surface area (Å²) in [5.41, 5.74) is 1.22. The number of aryl methyl sites for hydroxylation is 1. The zero-order chi connectivity index (χ0) is 10.1. The van der Waals surface area contributed by atoms with Crippen molar-refractivity contribution in [3.63, 3.8) is 0 Å². The van der Waals surface area contributed by atoms with Gasteiger partial charge in [-0.2, -0.15) is 0 Å². The molecule has 5 heteroatoms. The van der Waals surface area contributed by atoms with Crippen LogP contribution >= 0.6 is 0 Å². The van der Waals surface area contributed by atoms with E-state index in [-0.39, 0.29) is 11.5 Å². The fourth-order valence-electron chi connectivity index (χ4n) is 1.13. The van der Waals surface area contributed by atoms with E-state index in [4.69, 9.17) is 10.2 Å². The van der Waals surface area contributed by atoms with Crippen LogP contribution < -0.4 is 5.14 Å².